The predicted molar refractivity (Wildman–Crippen MR) is 73.0 cm³/mol. The van der Waals surface area contributed by atoms with E-state index in [-0.39, 0.29) is 0 Å². The molecule has 18 heavy (non-hydrogen) atoms. The van der Waals surface area contributed by atoms with Crippen molar-refractivity contribution >= 4 is 28.3 Å². The van der Waals surface area contributed by atoms with Crippen LogP contribution in [-0.2, 0) is 0 Å². The van der Waals surface area contributed by atoms with Crippen LogP contribution in [0.2, 0.25) is 5.15 Å². The first-order chi connectivity index (χ1) is 8.74. The van der Waals surface area contributed by atoms with E-state index in [1.165, 1.54) is 13.0 Å². The van der Waals surface area contributed by atoms with E-state index < -0.39 is 0 Å². The number of aromatic nitrogens is 3. The lowest BCUT2D eigenvalue weighted by Crippen LogP contribution is -2.40. The Morgan fingerprint density at radius 2 is 2.39 bits per heavy atom. The van der Waals surface area contributed by atoms with E-state index in [1.54, 1.807) is 0 Å². The lowest BCUT2D eigenvalue weighted by atomic mass is 10.1. The van der Waals surface area contributed by atoms with E-state index in [0.29, 0.717) is 11.2 Å². The largest absolute Gasteiger partial charge is 0.363 e. The van der Waals surface area contributed by atoms with Crippen molar-refractivity contribution in [3.63, 3.8) is 0 Å². The molecule has 3 rings (SSSR count). The SMILES string of the molecule is CN1CCCC(Nc2nnc(Cl)c3cc[nH]c23)C1. The fraction of sp³-hybridized carbons (Fsp3) is 0.500. The van der Waals surface area contributed by atoms with Gasteiger partial charge in [-0.15, -0.1) is 10.2 Å². The predicted octanol–water partition coefficient (Wildman–Crippen LogP) is 2.12. The Bertz CT molecular complexity index is 552. The summed E-state index contributed by atoms with van der Waals surface area (Å²) in [7, 11) is 2.14. The molecule has 0 saturated carbocycles. The molecule has 1 saturated heterocycles. The molecule has 0 aliphatic carbocycles. The normalized spacial score (nSPS) is 21.3. The summed E-state index contributed by atoms with van der Waals surface area (Å²) in [5.74, 6) is 0.791. The van der Waals surface area contributed by atoms with Gasteiger partial charge in [0.2, 0.25) is 0 Å². The first-order valence-electron chi connectivity index (χ1n) is 6.18. The summed E-state index contributed by atoms with van der Waals surface area (Å²) in [4.78, 5) is 5.50. The van der Waals surface area contributed by atoms with Gasteiger partial charge in [0, 0.05) is 24.2 Å². The quantitative estimate of drug-likeness (QED) is 0.873. The molecule has 2 aromatic rings. The maximum Gasteiger partial charge on any atom is 0.173 e. The molecule has 2 aromatic heterocycles. The van der Waals surface area contributed by atoms with Gasteiger partial charge in [0.25, 0.3) is 0 Å². The number of rotatable bonds is 2. The molecule has 0 bridgehead atoms. The fourth-order valence-electron chi connectivity index (χ4n) is 2.51. The molecule has 0 aromatic carbocycles. The van der Waals surface area contributed by atoms with Gasteiger partial charge >= 0.3 is 0 Å². The molecule has 3 heterocycles. The highest BCUT2D eigenvalue weighted by molar-refractivity contribution is 6.34. The van der Waals surface area contributed by atoms with Gasteiger partial charge in [-0.1, -0.05) is 11.6 Å². The van der Waals surface area contributed by atoms with Crippen LogP contribution in [0.15, 0.2) is 12.3 Å². The highest BCUT2D eigenvalue weighted by atomic mass is 35.5. The average molecular weight is 266 g/mol. The molecule has 1 aliphatic rings. The minimum absolute atomic E-state index is 0.422. The van der Waals surface area contributed by atoms with Crippen molar-refractivity contribution in [1.82, 2.24) is 20.1 Å². The fourth-order valence-corrected chi connectivity index (χ4v) is 2.71. The summed E-state index contributed by atoms with van der Waals surface area (Å²) in [5, 5.41) is 13.0. The monoisotopic (exact) mass is 265 g/mol. The first-order valence-corrected chi connectivity index (χ1v) is 6.56. The molecule has 1 aliphatic heterocycles. The minimum Gasteiger partial charge on any atom is -0.363 e. The second-order valence-corrected chi connectivity index (χ2v) is 5.21. The number of likely N-dealkylation sites (tertiary alicyclic amines) is 1. The summed E-state index contributed by atoms with van der Waals surface area (Å²) in [6, 6.07) is 2.34. The smallest absolute Gasteiger partial charge is 0.173 e. The van der Waals surface area contributed by atoms with Crippen molar-refractivity contribution in [3.05, 3.63) is 17.4 Å². The number of anilines is 1. The molecular formula is C12H16ClN5. The van der Waals surface area contributed by atoms with Crippen LogP contribution in [0.3, 0.4) is 0 Å². The number of hydrogen-bond donors (Lipinski definition) is 2. The van der Waals surface area contributed by atoms with Crippen molar-refractivity contribution < 1.29 is 0 Å². The Hall–Kier alpha value is -1.33. The van der Waals surface area contributed by atoms with Gasteiger partial charge in [-0.05, 0) is 32.5 Å². The van der Waals surface area contributed by atoms with Gasteiger partial charge in [0.05, 0.1) is 5.52 Å². The van der Waals surface area contributed by atoms with Crippen molar-refractivity contribution in [1.29, 1.82) is 0 Å². The number of likely N-dealkylation sites (N-methyl/N-ethyl adjacent to an activating group) is 1. The van der Waals surface area contributed by atoms with E-state index in [4.69, 9.17) is 11.6 Å². The molecule has 1 fully saturated rings. The van der Waals surface area contributed by atoms with Crippen molar-refractivity contribution in [2.24, 2.45) is 0 Å². The molecule has 1 unspecified atom stereocenters. The Morgan fingerprint density at radius 3 is 3.22 bits per heavy atom. The van der Waals surface area contributed by atoms with Gasteiger partial charge in [0.15, 0.2) is 11.0 Å². The third-order valence-corrected chi connectivity index (χ3v) is 3.69. The third kappa shape index (κ3) is 2.15. The summed E-state index contributed by atoms with van der Waals surface area (Å²) in [6.45, 7) is 2.20. The molecule has 5 nitrogen and oxygen atoms in total. The van der Waals surface area contributed by atoms with E-state index >= 15 is 0 Å². The number of aromatic amines is 1. The topological polar surface area (TPSA) is 56.8 Å². The summed E-state index contributed by atoms with van der Waals surface area (Å²) in [5.41, 5.74) is 0.934. The van der Waals surface area contributed by atoms with E-state index in [1.807, 2.05) is 12.3 Å². The average Bonchev–Trinajstić information content (AvgIpc) is 2.83. The summed E-state index contributed by atoms with van der Waals surface area (Å²) < 4.78 is 0. The van der Waals surface area contributed by atoms with E-state index in [9.17, 15) is 0 Å². The minimum atomic E-state index is 0.422. The number of halogens is 1. The maximum atomic E-state index is 6.01. The molecule has 96 valence electrons. The molecule has 2 N–H and O–H groups in total. The van der Waals surface area contributed by atoms with Crippen LogP contribution >= 0.6 is 11.6 Å². The van der Waals surface area contributed by atoms with Crippen LogP contribution in [0.5, 0.6) is 0 Å². The van der Waals surface area contributed by atoms with E-state index in [0.717, 1.165) is 29.7 Å². The zero-order valence-corrected chi connectivity index (χ0v) is 11.0. The van der Waals surface area contributed by atoms with Gasteiger partial charge in [-0.3, -0.25) is 0 Å². The van der Waals surface area contributed by atoms with Crippen LogP contribution in [0.4, 0.5) is 5.82 Å². The maximum absolute atomic E-state index is 6.01. The number of piperidine rings is 1. The molecule has 0 spiro atoms. The highest BCUT2D eigenvalue weighted by Gasteiger charge is 2.19. The van der Waals surface area contributed by atoms with Crippen LogP contribution in [0.1, 0.15) is 12.8 Å². The lowest BCUT2D eigenvalue weighted by Gasteiger charge is -2.30. The zero-order valence-electron chi connectivity index (χ0n) is 10.3. The lowest BCUT2D eigenvalue weighted by molar-refractivity contribution is 0.261. The number of H-pyrrole nitrogens is 1. The number of nitrogens with one attached hydrogen (secondary N) is 2. The van der Waals surface area contributed by atoms with Crippen LogP contribution in [0, 0.1) is 0 Å². The number of fused-ring (bicyclic) bond motifs is 1. The second-order valence-electron chi connectivity index (χ2n) is 4.85. The van der Waals surface area contributed by atoms with E-state index in [2.05, 4.69) is 32.4 Å². The second kappa shape index (κ2) is 4.74. The van der Waals surface area contributed by atoms with Crippen LogP contribution in [0.25, 0.3) is 10.9 Å². The first kappa shape index (κ1) is 11.7. The molecule has 0 amide bonds. The number of nitrogens with zero attached hydrogens (tertiary/aromatic N) is 3. The van der Waals surface area contributed by atoms with Gasteiger partial charge in [0.1, 0.15) is 0 Å². The Morgan fingerprint density at radius 1 is 1.50 bits per heavy atom. The Balaban J connectivity index is 1.86. The van der Waals surface area contributed by atoms with Crippen molar-refractivity contribution in [3.8, 4) is 0 Å². The van der Waals surface area contributed by atoms with Crippen molar-refractivity contribution in [2.75, 3.05) is 25.5 Å². The summed E-state index contributed by atoms with van der Waals surface area (Å²) in [6.07, 6.45) is 4.23. The van der Waals surface area contributed by atoms with Crippen LogP contribution in [-0.4, -0.2) is 46.3 Å². The zero-order chi connectivity index (χ0) is 12.5. The standard InChI is InChI=1S/C12H16ClN5/c1-18-6-2-3-8(7-18)15-12-10-9(4-5-14-10)11(13)16-17-12/h4-5,8,14H,2-3,6-7H2,1H3,(H,15,17). The summed E-state index contributed by atoms with van der Waals surface area (Å²) >= 11 is 6.01. The highest BCUT2D eigenvalue weighted by Crippen LogP contribution is 2.25. The van der Waals surface area contributed by atoms with Gasteiger partial charge < -0.3 is 15.2 Å². The van der Waals surface area contributed by atoms with Gasteiger partial charge in [-0.2, -0.15) is 0 Å². The third-order valence-electron chi connectivity index (χ3n) is 3.41. The van der Waals surface area contributed by atoms with Gasteiger partial charge in [-0.25, -0.2) is 0 Å². The van der Waals surface area contributed by atoms with Crippen LogP contribution < -0.4 is 5.32 Å². The Kier molecular flexibility index (Phi) is 3.09. The Labute approximate surface area is 111 Å². The molecule has 1 atom stereocenters. The number of hydrogen-bond acceptors (Lipinski definition) is 4. The molecule has 0 radical (unpaired) electrons. The molecular weight excluding hydrogens is 250 g/mol. The van der Waals surface area contributed by atoms with Crippen molar-refractivity contribution in [2.45, 2.75) is 18.9 Å². The molecule has 6 heteroatoms.